The zero-order valence-corrected chi connectivity index (χ0v) is 21.7. The summed E-state index contributed by atoms with van der Waals surface area (Å²) in [5.41, 5.74) is 7.94. The van der Waals surface area contributed by atoms with E-state index < -0.39 is 8.07 Å². The van der Waals surface area contributed by atoms with Gasteiger partial charge in [0.05, 0.1) is 23.9 Å². The molecule has 3 rings (SSSR count). The number of carbonyl (C=O) groups excluding carboxylic acids is 1. The van der Waals surface area contributed by atoms with Gasteiger partial charge in [-0.1, -0.05) is 65.7 Å². The Kier molecular flexibility index (Phi) is 7.60. The molecule has 4 nitrogen and oxygen atoms in total. The molecule has 0 radical (unpaired) electrons. The molecule has 1 N–H and O–H groups in total. The van der Waals surface area contributed by atoms with Crippen molar-refractivity contribution in [2.45, 2.75) is 58.2 Å². The molecular weight excluding hydrogens is 424 g/mol. The van der Waals surface area contributed by atoms with E-state index in [1.165, 1.54) is 0 Å². The molecule has 0 bridgehead atoms. The van der Waals surface area contributed by atoms with Crippen molar-refractivity contribution in [3.63, 3.8) is 0 Å². The zero-order valence-electron chi connectivity index (χ0n) is 20.7. The minimum Gasteiger partial charge on any atom is -0.497 e. The van der Waals surface area contributed by atoms with Crippen molar-refractivity contribution in [2.24, 2.45) is 0 Å². The average Bonchev–Trinajstić information content (AvgIpc) is 2.79. The number of methoxy groups -OCH3 is 1. The van der Waals surface area contributed by atoms with Crippen molar-refractivity contribution in [3.05, 3.63) is 65.9 Å². The first kappa shape index (κ1) is 24.5. The van der Waals surface area contributed by atoms with Crippen LogP contribution in [0, 0.1) is 11.5 Å². The first-order valence-corrected chi connectivity index (χ1v) is 13.8. The van der Waals surface area contributed by atoms with Crippen LogP contribution in [0.5, 0.6) is 5.75 Å². The van der Waals surface area contributed by atoms with Gasteiger partial charge in [-0.2, -0.15) is 0 Å². The predicted molar refractivity (Wildman–Crippen MR) is 141 cm³/mol. The van der Waals surface area contributed by atoms with Gasteiger partial charge in [-0.05, 0) is 47.0 Å². The summed E-state index contributed by atoms with van der Waals surface area (Å²) in [6, 6.07) is 15.2. The minimum atomic E-state index is -1.93. The van der Waals surface area contributed by atoms with E-state index in [4.69, 9.17) is 4.74 Å². The highest BCUT2D eigenvalue weighted by molar-refractivity contribution is 6.90. The Bertz CT molecular complexity index is 1180. The highest BCUT2D eigenvalue weighted by Gasteiger charge is 2.41. The molecular formula is C28H34N2O2Si. The lowest BCUT2D eigenvalue weighted by molar-refractivity contribution is 0.102. The second-order valence-corrected chi connectivity index (χ2v) is 15.0. The van der Waals surface area contributed by atoms with Crippen molar-refractivity contribution in [1.29, 1.82) is 0 Å². The summed E-state index contributed by atoms with van der Waals surface area (Å²) in [5, 5.41) is 4.02. The fourth-order valence-electron chi connectivity index (χ4n) is 4.95. The Balaban J connectivity index is 2.07. The van der Waals surface area contributed by atoms with Crippen LogP contribution in [0.4, 0.5) is 5.69 Å². The third-order valence-electron chi connectivity index (χ3n) is 6.63. The fourth-order valence-corrected chi connectivity index (χ4v) is 10.2. The third kappa shape index (κ3) is 4.96. The van der Waals surface area contributed by atoms with Gasteiger partial charge in [-0.15, -0.1) is 5.54 Å². The largest absolute Gasteiger partial charge is 0.497 e. The van der Waals surface area contributed by atoms with Gasteiger partial charge >= 0.3 is 0 Å². The number of para-hydroxylation sites is 1. The van der Waals surface area contributed by atoms with Crippen LogP contribution in [0.3, 0.4) is 0 Å². The number of anilines is 1. The molecule has 0 unspecified atom stereocenters. The third-order valence-corrected chi connectivity index (χ3v) is 12.9. The van der Waals surface area contributed by atoms with E-state index in [0.717, 1.165) is 16.5 Å². The Hall–Kier alpha value is -3.10. The molecule has 1 aromatic heterocycles. The first-order chi connectivity index (χ1) is 15.7. The number of fused-ring (bicyclic) bond motifs is 1. The number of amides is 1. The van der Waals surface area contributed by atoms with Crippen LogP contribution in [0.1, 0.15) is 57.5 Å². The maximum atomic E-state index is 13.4. The molecule has 1 heterocycles. The number of hydrogen-bond donors (Lipinski definition) is 1. The number of benzene rings is 2. The van der Waals surface area contributed by atoms with E-state index in [1.54, 1.807) is 19.4 Å². The summed E-state index contributed by atoms with van der Waals surface area (Å²) in [5.74, 6) is 3.84. The van der Waals surface area contributed by atoms with E-state index in [9.17, 15) is 4.79 Å². The number of nitrogens with one attached hydrogen (secondary N) is 1. The Morgan fingerprint density at radius 2 is 1.64 bits per heavy atom. The van der Waals surface area contributed by atoms with Gasteiger partial charge in [0.2, 0.25) is 0 Å². The molecule has 1 amide bonds. The highest BCUT2D eigenvalue weighted by atomic mass is 28.3. The maximum absolute atomic E-state index is 13.4. The smallest absolute Gasteiger partial charge is 0.257 e. The maximum Gasteiger partial charge on any atom is 0.257 e. The molecule has 0 aliphatic carbocycles. The molecule has 0 aliphatic rings. The monoisotopic (exact) mass is 458 g/mol. The molecule has 172 valence electrons. The molecule has 0 aliphatic heterocycles. The van der Waals surface area contributed by atoms with Crippen molar-refractivity contribution in [3.8, 4) is 17.2 Å². The Morgan fingerprint density at radius 3 is 2.27 bits per heavy atom. The van der Waals surface area contributed by atoms with Crippen molar-refractivity contribution >= 4 is 30.6 Å². The summed E-state index contributed by atoms with van der Waals surface area (Å²) < 4.78 is 5.41. The minimum absolute atomic E-state index is 0.220. The average molecular weight is 459 g/mol. The van der Waals surface area contributed by atoms with E-state index in [0.29, 0.717) is 33.6 Å². The SMILES string of the molecule is COc1ccc(C#C[Si](C(C)C)(C(C)C)C(C)C)c(C(=O)Nc2cccc3cccnc23)c1. The normalized spacial score (nSPS) is 11.6. The predicted octanol–water partition coefficient (Wildman–Crippen LogP) is 7.07. The standard InChI is InChI=1S/C28H34N2O2Si/c1-19(2)33(20(3)4,21(5)6)17-15-22-13-14-24(32-7)18-25(22)28(31)30-26-12-8-10-23-11-9-16-29-27(23)26/h8-14,16,18-21H,1-7H3,(H,30,31). The lowest BCUT2D eigenvalue weighted by Crippen LogP contribution is -2.43. The molecule has 0 fully saturated rings. The number of carbonyl (C=O) groups is 1. The number of hydrogen-bond acceptors (Lipinski definition) is 3. The molecule has 3 aromatic rings. The van der Waals surface area contributed by atoms with Crippen molar-refractivity contribution in [2.75, 3.05) is 12.4 Å². The number of aromatic nitrogens is 1. The lowest BCUT2D eigenvalue weighted by atomic mass is 10.1. The summed E-state index contributed by atoms with van der Waals surface area (Å²) >= 11 is 0. The van der Waals surface area contributed by atoms with E-state index >= 15 is 0 Å². The number of ether oxygens (including phenoxy) is 1. The number of nitrogens with zero attached hydrogens (tertiary/aromatic N) is 1. The topological polar surface area (TPSA) is 51.2 Å². The van der Waals surface area contributed by atoms with Gasteiger partial charge in [0.25, 0.3) is 5.91 Å². The van der Waals surface area contributed by atoms with Gasteiger partial charge < -0.3 is 10.1 Å². The molecule has 0 atom stereocenters. The van der Waals surface area contributed by atoms with Crippen LogP contribution in [-0.2, 0) is 0 Å². The molecule has 5 heteroatoms. The van der Waals surface area contributed by atoms with Crippen LogP contribution < -0.4 is 10.1 Å². The van der Waals surface area contributed by atoms with Gasteiger partial charge in [-0.3, -0.25) is 9.78 Å². The first-order valence-electron chi connectivity index (χ1n) is 11.6. The molecule has 0 saturated heterocycles. The van der Waals surface area contributed by atoms with Crippen molar-refractivity contribution in [1.82, 2.24) is 4.98 Å². The quantitative estimate of drug-likeness (QED) is 0.318. The van der Waals surface area contributed by atoms with E-state index in [-0.39, 0.29) is 5.91 Å². The summed E-state index contributed by atoms with van der Waals surface area (Å²) in [6.07, 6.45) is 1.73. The van der Waals surface area contributed by atoms with Gasteiger partial charge in [0.1, 0.15) is 13.8 Å². The van der Waals surface area contributed by atoms with Gasteiger partial charge in [-0.25, -0.2) is 0 Å². The highest BCUT2D eigenvalue weighted by Crippen LogP contribution is 2.40. The zero-order chi connectivity index (χ0) is 24.2. The van der Waals surface area contributed by atoms with Crippen LogP contribution in [0.15, 0.2) is 54.7 Å². The Morgan fingerprint density at radius 1 is 0.970 bits per heavy atom. The number of rotatable bonds is 6. The molecule has 0 spiro atoms. The van der Waals surface area contributed by atoms with Crippen LogP contribution >= 0.6 is 0 Å². The molecule has 2 aromatic carbocycles. The summed E-state index contributed by atoms with van der Waals surface area (Å²) in [6.45, 7) is 13.7. The van der Waals surface area contributed by atoms with Gasteiger partial charge in [0, 0.05) is 17.1 Å². The summed E-state index contributed by atoms with van der Waals surface area (Å²) in [7, 11) is -0.332. The van der Waals surface area contributed by atoms with Gasteiger partial charge in [0.15, 0.2) is 0 Å². The van der Waals surface area contributed by atoms with Crippen LogP contribution in [0.25, 0.3) is 10.9 Å². The second kappa shape index (κ2) is 10.2. The fraction of sp³-hybridized carbons (Fsp3) is 0.357. The van der Waals surface area contributed by atoms with Crippen LogP contribution in [-0.4, -0.2) is 26.1 Å². The number of pyridine rings is 1. The van der Waals surface area contributed by atoms with E-state index in [1.807, 2.05) is 42.5 Å². The summed E-state index contributed by atoms with van der Waals surface area (Å²) in [4.78, 5) is 17.9. The van der Waals surface area contributed by atoms with Crippen molar-refractivity contribution < 1.29 is 9.53 Å². The lowest BCUT2D eigenvalue weighted by Gasteiger charge is -2.38. The van der Waals surface area contributed by atoms with Crippen LogP contribution in [0.2, 0.25) is 16.6 Å². The molecule has 33 heavy (non-hydrogen) atoms. The Labute approximate surface area is 198 Å². The molecule has 0 saturated carbocycles. The second-order valence-electron chi connectivity index (χ2n) is 9.39. The van der Waals surface area contributed by atoms with E-state index in [2.05, 4.69) is 63.3 Å².